The Morgan fingerprint density at radius 2 is 2.20 bits per heavy atom. The Labute approximate surface area is 125 Å². The molecule has 1 aromatic heterocycles. The summed E-state index contributed by atoms with van der Waals surface area (Å²) in [4.78, 5) is 6.17. The normalized spacial score (nSPS) is 17.4. The summed E-state index contributed by atoms with van der Waals surface area (Å²) in [5, 5.41) is 0. The van der Waals surface area contributed by atoms with Gasteiger partial charge in [0.15, 0.2) is 11.6 Å². The lowest BCUT2D eigenvalue weighted by atomic mass is 9.98. The molecule has 1 atom stereocenters. The first-order valence-corrected chi connectivity index (χ1v) is 7.37. The fraction of sp³-hybridized carbons (Fsp3) is 0.267. The third-order valence-corrected chi connectivity index (χ3v) is 4.06. The Kier molecular flexibility index (Phi) is 3.72. The van der Waals surface area contributed by atoms with Gasteiger partial charge in [0.05, 0.1) is 0 Å². The number of nitrogens with two attached hydrogens (primary N) is 1. The predicted octanol–water partition coefficient (Wildman–Crippen LogP) is 3.57. The highest BCUT2D eigenvalue weighted by atomic mass is 79.9. The number of rotatable bonds is 3. The maximum Gasteiger partial charge on any atom is 0.169 e. The second-order valence-corrected chi connectivity index (χ2v) is 5.82. The first-order chi connectivity index (χ1) is 9.70. The lowest BCUT2D eigenvalue weighted by molar-refractivity contribution is 0.610. The van der Waals surface area contributed by atoms with Crippen molar-refractivity contribution in [2.24, 2.45) is 5.73 Å². The molecule has 0 saturated carbocycles. The summed E-state index contributed by atoms with van der Waals surface area (Å²) in [5.41, 5.74) is 7.94. The lowest BCUT2D eigenvalue weighted by Crippen LogP contribution is -2.19. The van der Waals surface area contributed by atoms with Crippen molar-refractivity contribution in [2.45, 2.75) is 12.3 Å². The summed E-state index contributed by atoms with van der Waals surface area (Å²) in [5.74, 6) is 0.392. The number of benzene rings is 1. The largest absolute Gasteiger partial charge is 0.330 e. The van der Waals surface area contributed by atoms with Crippen LogP contribution in [0.25, 0.3) is 0 Å². The van der Waals surface area contributed by atoms with Crippen LogP contribution in [0.4, 0.5) is 15.9 Å². The SMILES string of the molecule is NCCC1CN(c2ncc(Br)cc2F)c2ccccc21. The number of halogens is 2. The van der Waals surface area contributed by atoms with Crippen LogP contribution in [0.1, 0.15) is 17.9 Å². The van der Waals surface area contributed by atoms with Gasteiger partial charge in [-0.05, 0) is 46.6 Å². The number of pyridine rings is 1. The van der Waals surface area contributed by atoms with E-state index in [-0.39, 0.29) is 5.82 Å². The number of aromatic nitrogens is 1. The van der Waals surface area contributed by atoms with E-state index in [0.29, 0.717) is 22.8 Å². The van der Waals surface area contributed by atoms with Gasteiger partial charge in [0.1, 0.15) is 0 Å². The average molecular weight is 336 g/mol. The van der Waals surface area contributed by atoms with Crippen LogP contribution >= 0.6 is 15.9 Å². The Morgan fingerprint density at radius 3 is 2.95 bits per heavy atom. The zero-order valence-electron chi connectivity index (χ0n) is 10.9. The van der Waals surface area contributed by atoms with Gasteiger partial charge in [-0.1, -0.05) is 18.2 Å². The third kappa shape index (κ3) is 2.31. The van der Waals surface area contributed by atoms with Gasteiger partial charge in [-0.2, -0.15) is 0 Å². The zero-order chi connectivity index (χ0) is 14.1. The molecule has 1 aliphatic heterocycles. The van der Waals surface area contributed by atoms with Crippen molar-refractivity contribution < 1.29 is 4.39 Å². The molecule has 0 saturated heterocycles. The Hall–Kier alpha value is -1.46. The molecule has 1 unspecified atom stereocenters. The maximum atomic E-state index is 14.2. The number of hydrogen-bond donors (Lipinski definition) is 1. The maximum absolute atomic E-state index is 14.2. The van der Waals surface area contributed by atoms with E-state index in [2.05, 4.69) is 27.0 Å². The standard InChI is InChI=1S/C15H15BrFN3/c16-11-7-13(17)15(19-8-11)20-9-10(5-6-18)12-3-1-2-4-14(12)20/h1-4,7-8,10H,5-6,9,18H2. The van der Waals surface area contributed by atoms with E-state index in [1.54, 1.807) is 6.20 Å². The average Bonchev–Trinajstić information content (AvgIpc) is 2.79. The smallest absolute Gasteiger partial charge is 0.169 e. The molecule has 1 aliphatic rings. The van der Waals surface area contributed by atoms with Gasteiger partial charge in [0.2, 0.25) is 0 Å². The quantitative estimate of drug-likeness (QED) is 0.932. The van der Waals surface area contributed by atoms with Gasteiger partial charge in [0.25, 0.3) is 0 Å². The lowest BCUT2D eigenvalue weighted by Gasteiger charge is -2.19. The highest BCUT2D eigenvalue weighted by molar-refractivity contribution is 9.10. The Morgan fingerprint density at radius 1 is 1.40 bits per heavy atom. The van der Waals surface area contributed by atoms with Crippen molar-refractivity contribution in [3.8, 4) is 0 Å². The molecule has 2 heterocycles. The van der Waals surface area contributed by atoms with E-state index in [1.807, 2.05) is 23.1 Å². The number of fused-ring (bicyclic) bond motifs is 1. The highest BCUT2D eigenvalue weighted by Gasteiger charge is 2.30. The van der Waals surface area contributed by atoms with E-state index in [0.717, 1.165) is 18.7 Å². The van der Waals surface area contributed by atoms with Crippen LogP contribution in [-0.2, 0) is 0 Å². The van der Waals surface area contributed by atoms with Gasteiger partial charge >= 0.3 is 0 Å². The molecule has 0 bridgehead atoms. The molecule has 3 nitrogen and oxygen atoms in total. The minimum atomic E-state index is -0.317. The summed E-state index contributed by atoms with van der Waals surface area (Å²) < 4.78 is 14.8. The topological polar surface area (TPSA) is 42.1 Å². The van der Waals surface area contributed by atoms with Crippen molar-refractivity contribution in [1.29, 1.82) is 0 Å². The molecule has 3 rings (SSSR count). The highest BCUT2D eigenvalue weighted by Crippen LogP contribution is 2.42. The van der Waals surface area contributed by atoms with Crippen LogP contribution < -0.4 is 10.6 Å². The first-order valence-electron chi connectivity index (χ1n) is 6.58. The van der Waals surface area contributed by atoms with E-state index >= 15 is 0 Å². The van der Waals surface area contributed by atoms with Crippen LogP contribution in [0.2, 0.25) is 0 Å². The summed E-state index contributed by atoms with van der Waals surface area (Å²) in [7, 11) is 0. The van der Waals surface area contributed by atoms with Crippen molar-refractivity contribution in [2.75, 3.05) is 18.0 Å². The molecule has 5 heteroatoms. The second-order valence-electron chi connectivity index (χ2n) is 4.90. The molecule has 2 aromatic rings. The van der Waals surface area contributed by atoms with Crippen molar-refractivity contribution in [3.63, 3.8) is 0 Å². The number of nitrogens with zero attached hydrogens (tertiary/aromatic N) is 2. The van der Waals surface area contributed by atoms with Crippen LogP contribution in [0, 0.1) is 5.82 Å². The van der Waals surface area contributed by atoms with Crippen molar-refractivity contribution in [3.05, 3.63) is 52.4 Å². The molecular weight excluding hydrogens is 321 g/mol. The van der Waals surface area contributed by atoms with Crippen LogP contribution in [0.5, 0.6) is 0 Å². The predicted molar refractivity (Wildman–Crippen MR) is 81.8 cm³/mol. The molecule has 1 aromatic carbocycles. The van der Waals surface area contributed by atoms with Crippen LogP contribution in [-0.4, -0.2) is 18.1 Å². The molecule has 0 aliphatic carbocycles. The number of anilines is 2. The van der Waals surface area contributed by atoms with E-state index < -0.39 is 0 Å². The Bertz CT molecular complexity index is 632. The van der Waals surface area contributed by atoms with Crippen molar-refractivity contribution >= 4 is 27.4 Å². The van der Waals surface area contributed by atoms with Crippen LogP contribution in [0.3, 0.4) is 0 Å². The number of para-hydroxylation sites is 1. The fourth-order valence-electron chi connectivity index (χ4n) is 2.75. The van der Waals surface area contributed by atoms with E-state index in [1.165, 1.54) is 11.6 Å². The van der Waals surface area contributed by atoms with E-state index in [4.69, 9.17) is 5.73 Å². The molecule has 20 heavy (non-hydrogen) atoms. The molecule has 0 amide bonds. The molecule has 2 N–H and O–H groups in total. The Balaban J connectivity index is 2.03. The van der Waals surface area contributed by atoms with Gasteiger partial charge < -0.3 is 10.6 Å². The monoisotopic (exact) mass is 335 g/mol. The minimum absolute atomic E-state index is 0.317. The zero-order valence-corrected chi connectivity index (χ0v) is 12.5. The van der Waals surface area contributed by atoms with Crippen LogP contribution in [0.15, 0.2) is 41.0 Å². The third-order valence-electron chi connectivity index (χ3n) is 3.63. The van der Waals surface area contributed by atoms with Crippen molar-refractivity contribution in [1.82, 2.24) is 4.98 Å². The molecule has 0 radical (unpaired) electrons. The van der Waals surface area contributed by atoms with E-state index in [9.17, 15) is 4.39 Å². The fourth-order valence-corrected chi connectivity index (χ4v) is 3.05. The summed E-state index contributed by atoms with van der Waals surface area (Å²) >= 11 is 3.24. The summed E-state index contributed by atoms with van der Waals surface area (Å²) in [6.07, 6.45) is 2.52. The summed E-state index contributed by atoms with van der Waals surface area (Å²) in [6.45, 7) is 1.35. The van der Waals surface area contributed by atoms with Gasteiger partial charge in [-0.25, -0.2) is 9.37 Å². The molecular formula is C15H15BrFN3. The second kappa shape index (κ2) is 5.50. The molecule has 0 spiro atoms. The summed E-state index contributed by atoms with van der Waals surface area (Å²) in [6, 6.07) is 9.52. The molecule has 0 fully saturated rings. The number of hydrogen-bond acceptors (Lipinski definition) is 3. The minimum Gasteiger partial charge on any atom is -0.330 e. The molecule has 104 valence electrons. The first kappa shape index (κ1) is 13.5. The van der Waals surface area contributed by atoms with Gasteiger partial charge in [-0.15, -0.1) is 0 Å². The van der Waals surface area contributed by atoms with Gasteiger partial charge in [0, 0.05) is 28.8 Å². The van der Waals surface area contributed by atoms with Gasteiger partial charge in [-0.3, -0.25) is 0 Å².